The number of likely N-dealkylation sites (N-methyl/N-ethyl adjacent to an activating group) is 1. The molecular weight excluding hydrogens is 284 g/mol. The second-order valence-electron chi connectivity index (χ2n) is 5.04. The van der Waals surface area contributed by atoms with Crippen molar-refractivity contribution in [3.05, 3.63) is 29.8 Å². The first-order chi connectivity index (χ1) is 10.4. The zero-order valence-electron chi connectivity index (χ0n) is 13.2. The summed E-state index contributed by atoms with van der Waals surface area (Å²) >= 11 is 0. The van der Waals surface area contributed by atoms with Gasteiger partial charge in [-0.2, -0.15) is 5.26 Å². The topological polar surface area (TPSA) is 79.6 Å². The van der Waals surface area contributed by atoms with Gasteiger partial charge in [0, 0.05) is 13.6 Å². The van der Waals surface area contributed by atoms with E-state index in [4.69, 9.17) is 10.00 Å². The molecule has 0 bridgehead atoms. The third kappa shape index (κ3) is 4.77. The van der Waals surface area contributed by atoms with E-state index < -0.39 is 12.0 Å². The van der Waals surface area contributed by atoms with Crippen LogP contribution in [0.1, 0.15) is 19.4 Å². The third-order valence-electron chi connectivity index (χ3n) is 3.15. The molecule has 0 spiro atoms. The van der Waals surface area contributed by atoms with Gasteiger partial charge in [0.25, 0.3) is 5.91 Å². The van der Waals surface area contributed by atoms with Crippen molar-refractivity contribution in [1.29, 1.82) is 5.26 Å². The van der Waals surface area contributed by atoms with Crippen molar-refractivity contribution in [2.75, 3.05) is 20.7 Å². The predicted molar refractivity (Wildman–Crippen MR) is 80.1 cm³/mol. The standard InChI is InChI=1S/C16H20N2O4/c1-11(16(20)21-4)10-18(3)15(19)12(2)22-14-7-5-6-13(8-14)9-17/h5-8,11-12H,10H2,1-4H3. The molecule has 1 aromatic carbocycles. The Morgan fingerprint density at radius 3 is 2.64 bits per heavy atom. The van der Waals surface area contributed by atoms with Crippen molar-refractivity contribution in [2.24, 2.45) is 5.92 Å². The molecule has 1 aromatic rings. The maximum atomic E-state index is 12.2. The minimum atomic E-state index is -0.719. The molecular formula is C16H20N2O4. The first kappa shape index (κ1) is 17.5. The highest BCUT2D eigenvalue weighted by atomic mass is 16.5. The third-order valence-corrected chi connectivity index (χ3v) is 3.15. The van der Waals surface area contributed by atoms with Gasteiger partial charge in [0.1, 0.15) is 5.75 Å². The van der Waals surface area contributed by atoms with Crippen LogP contribution in [0.2, 0.25) is 0 Å². The van der Waals surface area contributed by atoms with Crippen molar-refractivity contribution in [3.63, 3.8) is 0 Å². The van der Waals surface area contributed by atoms with E-state index in [9.17, 15) is 9.59 Å². The van der Waals surface area contributed by atoms with Gasteiger partial charge in [0.2, 0.25) is 0 Å². The Labute approximate surface area is 130 Å². The van der Waals surface area contributed by atoms with Gasteiger partial charge in [-0.3, -0.25) is 9.59 Å². The summed E-state index contributed by atoms with van der Waals surface area (Å²) in [4.78, 5) is 25.0. The monoisotopic (exact) mass is 304 g/mol. The Balaban J connectivity index is 2.64. The first-order valence-corrected chi connectivity index (χ1v) is 6.88. The molecule has 22 heavy (non-hydrogen) atoms. The quantitative estimate of drug-likeness (QED) is 0.746. The summed E-state index contributed by atoms with van der Waals surface area (Å²) in [6.45, 7) is 3.57. The number of amides is 1. The van der Waals surface area contributed by atoms with Crippen LogP contribution in [0, 0.1) is 17.2 Å². The van der Waals surface area contributed by atoms with Gasteiger partial charge in [-0.15, -0.1) is 0 Å². The van der Waals surface area contributed by atoms with Crippen LogP contribution in [0.5, 0.6) is 5.75 Å². The number of carbonyl (C=O) groups is 2. The number of carbonyl (C=O) groups excluding carboxylic acids is 2. The lowest BCUT2D eigenvalue weighted by Gasteiger charge is -2.24. The van der Waals surface area contributed by atoms with E-state index >= 15 is 0 Å². The largest absolute Gasteiger partial charge is 0.481 e. The lowest BCUT2D eigenvalue weighted by Crippen LogP contribution is -2.41. The van der Waals surface area contributed by atoms with E-state index in [2.05, 4.69) is 4.74 Å². The minimum absolute atomic E-state index is 0.247. The van der Waals surface area contributed by atoms with Crippen LogP contribution in [0.4, 0.5) is 0 Å². The fourth-order valence-corrected chi connectivity index (χ4v) is 1.98. The number of hydrogen-bond donors (Lipinski definition) is 0. The average Bonchev–Trinajstić information content (AvgIpc) is 2.53. The zero-order chi connectivity index (χ0) is 16.7. The molecule has 0 saturated carbocycles. The summed E-state index contributed by atoms with van der Waals surface area (Å²) in [5, 5.41) is 8.84. The Morgan fingerprint density at radius 2 is 2.05 bits per heavy atom. The second kappa shape index (κ2) is 8.03. The number of nitrogens with zero attached hydrogens (tertiary/aromatic N) is 2. The molecule has 2 unspecified atom stereocenters. The lowest BCUT2D eigenvalue weighted by molar-refractivity contribution is -0.147. The molecule has 6 nitrogen and oxygen atoms in total. The Morgan fingerprint density at radius 1 is 1.36 bits per heavy atom. The van der Waals surface area contributed by atoms with Crippen LogP contribution in [-0.4, -0.2) is 43.6 Å². The van der Waals surface area contributed by atoms with E-state index in [1.807, 2.05) is 6.07 Å². The highest BCUT2D eigenvalue weighted by molar-refractivity contribution is 5.81. The van der Waals surface area contributed by atoms with Crippen molar-refractivity contribution in [3.8, 4) is 11.8 Å². The van der Waals surface area contributed by atoms with Gasteiger partial charge in [-0.25, -0.2) is 0 Å². The number of nitriles is 1. The average molecular weight is 304 g/mol. The van der Waals surface area contributed by atoms with Gasteiger partial charge >= 0.3 is 5.97 Å². The molecule has 0 heterocycles. The first-order valence-electron chi connectivity index (χ1n) is 6.88. The molecule has 0 aliphatic heterocycles. The predicted octanol–water partition coefficient (Wildman–Crippen LogP) is 1.59. The van der Waals surface area contributed by atoms with E-state index in [1.54, 1.807) is 45.2 Å². The number of benzene rings is 1. The zero-order valence-corrected chi connectivity index (χ0v) is 13.2. The van der Waals surface area contributed by atoms with Crippen molar-refractivity contribution in [1.82, 2.24) is 4.90 Å². The second-order valence-corrected chi connectivity index (χ2v) is 5.04. The van der Waals surface area contributed by atoms with Gasteiger partial charge in [-0.1, -0.05) is 13.0 Å². The molecule has 1 rings (SSSR count). The van der Waals surface area contributed by atoms with E-state index in [-0.39, 0.29) is 18.4 Å². The Bertz CT molecular complexity index is 580. The van der Waals surface area contributed by atoms with Gasteiger partial charge in [0.05, 0.1) is 24.7 Å². The molecule has 118 valence electrons. The molecule has 2 atom stereocenters. The molecule has 0 N–H and O–H groups in total. The number of hydrogen-bond acceptors (Lipinski definition) is 5. The van der Waals surface area contributed by atoms with Crippen molar-refractivity contribution >= 4 is 11.9 Å². The van der Waals surface area contributed by atoms with E-state index in [0.29, 0.717) is 11.3 Å². The molecule has 0 saturated heterocycles. The highest BCUT2D eigenvalue weighted by Gasteiger charge is 2.23. The molecule has 0 fully saturated rings. The van der Waals surface area contributed by atoms with Crippen LogP contribution in [0.15, 0.2) is 24.3 Å². The highest BCUT2D eigenvalue weighted by Crippen LogP contribution is 2.15. The van der Waals surface area contributed by atoms with E-state index in [0.717, 1.165) is 0 Å². The molecule has 6 heteroatoms. The molecule has 0 aliphatic carbocycles. The van der Waals surface area contributed by atoms with Crippen LogP contribution in [0.25, 0.3) is 0 Å². The number of rotatable bonds is 6. The van der Waals surface area contributed by atoms with Gasteiger partial charge in [0.15, 0.2) is 6.10 Å². The van der Waals surface area contributed by atoms with Crippen molar-refractivity contribution in [2.45, 2.75) is 20.0 Å². The Hall–Kier alpha value is -2.55. The minimum Gasteiger partial charge on any atom is -0.481 e. The summed E-state index contributed by atoms with van der Waals surface area (Å²) in [5.41, 5.74) is 0.463. The lowest BCUT2D eigenvalue weighted by atomic mass is 10.1. The van der Waals surface area contributed by atoms with Crippen LogP contribution >= 0.6 is 0 Å². The van der Waals surface area contributed by atoms with Crippen LogP contribution < -0.4 is 4.74 Å². The van der Waals surface area contributed by atoms with Crippen molar-refractivity contribution < 1.29 is 19.1 Å². The SMILES string of the molecule is COC(=O)C(C)CN(C)C(=O)C(C)Oc1cccc(C#N)c1. The molecule has 0 radical (unpaired) electrons. The van der Waals surface area contributed by atoms with Crippen LogP contribution in [-0.2, 0) is 14.3 Å². The maximum Gasteiger partial charge on any atom is 0.310 e. The van der Waals surface area contributed by atoms with Gasteiger partial charge in [-0.05, 0) is 25.1 Å². The fraction of sp³-hybridized carbons (Fsp3) is 0.438. The summed E-state index contributed by atoms with van der Waals surface area (Å²) in [6.07, 6.45) is -0.719. The number of esters is 1. The summed E-state index contributed by atoms with van der Waals surface area (Å²) in [7, 11) is 2.92. The van der Waals surface area contributed by atoms with Gasteiger partial charge < -0.3 is 14.4 Å². The molecule has 0 aromatic heterocycles. The normalized spacial score (nSPS) is 12.7. The number of methoxy groups -OCH3 is 1. The van der Waals surface area contributed by atoms with E-state index in [1.165, 1.54) is 12.0 Å². The summed E-state index contributed by atoms with van der Waals surface area (Å²) in [6, 6.07) is 8.61. The summed E-state index contributed by atoms with van der Waals surface area (Å²) in [5.74, 6) is -0.574. The fourth-order valence-electron chi connectivity index (χ4n) is 1.98. The molecule has 0 aliphatic rings. The molecule has 1 amide bonds. The maximum absolute atomic E-state index is 12.2. The Kier molecular flexibility index (Phi) is 6.39. The smallest absolute Gasteiger partial charge is 0.310 e. The number of ether oxygens (including phenoxy) is 2. The summed E-state index contributed by atoms with van der Waals surface area (Å²) < 4.78 is 10.2. The van der Waals surface area contributed by atoms with Crippen LogP contribution in [0.3, 0.4) is 0 Å².